The number of imidazole rings is 4. The first-order valence-corrected chi connectivity index (χ1v) is 33.8. The van der Waals surface area contributed by atoms with Gasteiger partial charge < -0.3 is 35.9 Å². The second-order valence-electron chi connectivity index (χ2n) is 25.7. The first-order valence-electron chi connectivity index (χ1n) is 33.8. The topological polar surface area (TPSA) is 291 Å². The Morgan fingerprint density at radius 2 is 0.979 bits per heavy atom. The molecule has 96 heavy (non-hydrogen) atoms. The van der Waals surface area contributed by atoms with Crippen molar-refractivity contribution in [1.82, 2.24) is 109 Å². The number of fused-ring (bicyclic) bond motifs is 1. The van der Waals surface area contributed by atoms with Crippen LogP contribution >= 0.6 is 0 Å². The van der Waals surface area contributed by atoms with Gasteiger partial charge >= 0.3 is 6.09 Å². The van der Waals surface area contributed by atoms with Crippen LogP contribution in [0.2, 0.25) is 0 Å². The Labute approximate surface area is 562 Å². The molecule has 5 aliphatic rings. The van der Waals surface area contributed by atoms with E-state index in [1.165, 1.54) is 24.8 Å². The highest BCUT2D eigenvalue weighted by atomic mass is 16.6. The quantitative estimate of drug-likeness (QED) is 0.0561. The lowest BCUT2D eigenvalue weighted by atomic mass is 10.1. The van der Waals surface area contributed by atoms with Gasteiger partial charge in [-0.15, -0.1) is 0 Å². The lowest BCUT2D eigenvalue weighted by Crippen LogP contribution is -2.38. The van der Waals surface area contributed by atoms with Crippen LogP contribution in [-0.2, 0) is 11.2 Å². The highest BCUT2D eigenvalue weighted by Crippen LogP contribution is 2.35. The Kier molecular flexibility index (Phi) is 23.6. The summed E-state index contributed by atoms with van der Waals surface area (Å²) < 4.78 is 23.9. The molecule has 27 nitrogen and oxygen atoms in total. The number of hydrogen-bond donors (Lipinski definition) is 4. The molecule has 1 amide bonds. The molecule has 4 unspecified atom stereocenters. The van der Waals surface area contributed by atoms with Crippen molar-refractivity contribution < 1.29 is 19.0 Å². The van der Waals surface area contributed by atoms with Crippen molar-refractivity contribution in [3.8, 4) is 35.3 Å². The van der Waals surface area contributed by atoms with Crippen LogP contribution < -0.4 is 31.2 Å². The molecule has 4 fully saturated rings. The number of carbonyl (C=O) groups excluding carboxylic acids is 1. The van der Waals surface area contributed by atoms with Crippen molar-refractivity contribution in [3.05, 3.63) is 168 Å². The number of ether oxygens (including phenoxy) is 3. The predicted octanol–water partition coefficient (Wildman–Crippen LogP) is 7.80. The third-order valence-corrected chi connectivity index (χ3v) is 17.2. The minimum absolute atomic E-state index is 0.231. The molecule has 508 valence electrons. The summed E-state index contributed by atoms with van der Waals surface area (Å²) in [4.78, 5) is 72.4. The average Bonchev–Trinajstić information content (AvgIpc) is 1.57. The summed E-state index contributed by atoms with van der Waals surface area (Å²) in [5, 5.41) is 9.89. The number of nitrogens with one attached hydrogen (secondary N) is 3. The maximum absolute atomic E-state index is 11.8. The van der Waals surface area contributed by atoms with Crippen LogP contribution in [0.3, 0.4) is 0 Å². The Balaban J connectivity index is 0.000000134. The molecule has 14 rings (SSSR count). The summed E-state index contributed by atoms with van der Waals surface area (Å²) in [5.41, 5.74) is 14.7. The van der Waals surface area contributed by atoms with Gasteiger partial charge in [-0.2, -0.15) is 0 Å². The van der Waals surface area contributed by atoms with Crippen LogP contribution in [0, 0.1) is 27.7 Å². The highest BCUT2D eigenvalue weighted by molar-refractivity contribution is 5.67. The van der Waals surface area contributed by atoms with E-state index in [1.807, 2.05) is 104 Å². The first kappa shape index (κ1) is 68.4. The molecule has 0 saturated carbocycles. The van der Waals surface area contributed by atoms with E-state index in [0.29, 0.717) is 68.2 Å². The van der Waals surface area contributed by atoms with Crippen LogP contribution in [0.5, 0.6) is 11.5 Å². The van der Waals surface area contributed by atoms with Crippen molar-refractivity contribution in [2.24, 2.45) is 5.73 Å². The van der Waals surface area contributed by atoms with Crippen molar-refractivity contribution in [3.63, 3.8) is 0 Å². The fourth-order valence-corrected chi connectivity index (χ4v) is 12.8. The van der Waals surface area contributed by atoms with Crippen LogP contribution in [0.25, 0.3) is 23.8 Å². The van der Waals surface area contributed by atoms with E-state index in [-0.39, 0.29) is 12.1 Å². The van der Waals surface area contributed by atoms with Gasteiger partial charge in [-0.3, -0.25) is 33.0 Å². The van der Waals surface area contributed by atoms with Gasteiger partial charge in [0.2, 0.25) is 23.8 Å². The number of likely N-dealkylation sites (tertiary alicyclic amines) is 3. The molecule has 0 spiro atoms. The van der Waals surface area contributed by atoms with E-state index < -0.39 is 5.60 Å². The molecular formula is C69H93N23O4. The minimum atomic E-state index is -0.484. The van der Waals surface area contributed by atoms with Crippen molar-refractivity contribution in [2.45, 2.75) is 136 Å². The second kappa shape index (κ2) is 33.1. The van der Waals surface area contributed by atoms with Gasteiger partial charge in [0.05, 0.1) is 40.9 Å². The van der Waals surface area contributed by atoms with E-state index in [4.69, 9.17) is 34.9 Å². The van der Waals surface area contributed by atoms with Crippen LogP contribution in [0.15, 0.2) is 117 Å². The normalized spacial score (nSPS) is 18.7. The molecule has 4 atom stereocenters. The number of nitrogens with zero attached hydrogens (tertiary/aromatic N) is 19. The molecule has 8 aromatic heterocycles. The van der Waals surface area contributed by atoms with Gasteiger partial charge in [0.15, 0.2) is 11.5 Å². The Bertz CT molecular complexity index is 3860. The number of hydrogen-bond acceptors (Lipinski definition) is 22. The predicted molar refractivity (Wildman–Crippen MR) is 363 cm³/mol. The molecule has 27 heteroatoms. The van der Waals surface area contributed by atoms with Gasteiger partial charge in [-0.1, -0.05) is 6.07 Å². The lowest BCUT2D eigenvalue weighted by molar-refractivity contribution is 0.0521. The number of rotatable bonds is 19. The maximum Gasteiger partial charge on any atom is 0.407 e. The smallest absolute Gasteiger partial charge is 0.407 e. The Morgan fingerprint density at radius 1 is 0.542 bits per heavy atom. The van der Waals surface area contributed by atoms with Gasteiger partial charge in [0.25, 0.3) is 0 Å². The van der Waals surface area contributed by atoms with Gasteiger partial charge in [0, 0.05) is 118 Å². The van der Waals surface area contributed by atoms with E-state index in [2.05, 4.69) is 106 Å². The molecule has 4 saturated heterocycles. The summed E-state index contributed by atoms with van der Waals surface area (Å²) in [6.45, 7) is 25.0. The summed E-state index contributed by atoms with van der Waals surface area (Å²) >= 11 is 0. The number of aryl methyl sites for hydroxylation is 4. The number of benzene rings is 1. The average molecular weight is 1310 g/mol. The van der Waals surface area contributed by atoms with Crippen LogP contribution in [0.4, 0.5) is 4.79 Å². The number of alkyl carbamates (subject to hydrolysis) is 1. The third-order valence-electron chi connectivity index (χ3n) is 17.2. The first-order chi connectivity index (χ1) is 46.7. The molecule has 0 bridgehead atoms. The number of nitrogens with two attached hydrogens (primary N) is 1. The van der Waals surface area contributed by atoms with E-state index in [1.54, 1.807) is 50.1 Å². The minimum Gasteiger partial charge on any atom is -0.486 e. The van der Waals surface area contributed by atoms with Crippen LogP contribution in [-0.4, -0.2) is 190 Å². The SMILES string of the molecule is Cc1cc(C2CCCN2)nc(-n2ccnc2)n1.Cc1cc(C2CCCN2CCN)nc(-n2ccnc2)n1.Cc1cc(C2CCCN2CCNC(=O)OC(C)(C)C)nc(-n2ccnc2)n1.Cc1cc(C2CCCN2CCNCCc2ccc3c(c2)OCCO3)nc(-n2ccnc2)n1. The number of aromatic nitrogens is 16. The zero-order valence-corrected chi connectivity index (χ0v) is 56.5. The number of carbonyl (C=O) groups is 1. The molecule has 5 aliphatic heterocycles. The maximum atomic E-state index is 11.8. The molecule has 0 aliphatic carbocycles. The second-order valence-corrected chi connectivity index (χ2v) is 25.7. The van der Waals surface area contributed by atoms with Gasteiger partial charge in [-0.25, -0.2) is 64.6 Å². The van der Waals surface area contributed by atoms with Gasteiger partial charge in [-0.05, 0) is 181 Å². The fourth-order valence-electron chi connectivity index (χ4n) is 12.8. The third kappa shape index (κ3) is 18.9. The summed E-state index contributed by atoms with van der Waals surface area (Å²) in [7, 11) is 0. The largest absolute Gasteiger partial charge is 0.486 e. The monoisotopic (exact) mass is 1310 g/mol. The van der Waals surface area contributed by atoms with Crippen molar-refractivity contribution in [1.29, 1.82) is 0 Å². The van der Waals surface area contributed by atoms with Crippen molar-refractivity contribution >= 4 is 6.09 Å². The number of amides is 1. The zero-order valence-electron chi connectivity index (χ0n) is 56.5. The Hall–Kier alpha value is -8.99. The molecule has 0 radical (unpaired) electrons. The molecular weight excluding hydrogens is 1210 g/mol. The molecule has 9 aromatic rings. The Morgan fingerprint density at radius 3 is 1.41 bits per heavy atom. The molecule has 5 N–H and O–H groups in total. The lowest BCUT2D eigenvalue weighted by Gasteiger charge is -2.25. The fraction of sp³-hybridized carbons (Fsp3) is 0.493. The van der Waals surface area contributed by atoms with Gasteiger partial charge in [0.1, 0.15) is 44.1 Å². The van der Waals surface area contributed by atoms with E-state index >= 15 is 0 Å². The standard InChI is InChI=1S/C24H30N6O2.C19H28N6O2.C14H20N6.C12H15N5/c1-18-15-20(28-24(27-18)30-12-9-26-17-30)21-3-2-10-29(21)11-8-25-7-6-19-4-5-22-23(16-19)32-14-13-31-22;1-14-12-15(23-17(22-14)25-10-7-20-13-25)16-6-5-9-24(16)11-8-21-18(26)27-19(2,3)4;1-11-9-12(13-3-2-6-19(13)7-4-15)18-14(17-11)20-8-5-16-10-20;1-9-7-11(10-3-2-4-14-10)16-12(15-9)17-6-5-13-8-17/h4-5,9,12,15-17,21,25H,2-3,6-8,10-11,13-14H2,1H3;7,10,12-13,16H,5-6,8-9,11H2,1-4H3,(H,21,26);5,8-10,13H,2-4,6-7,15H2,1H3;5-8,10,14H,2-4H2,1H3. The van der Waals surface area contributed by atoms with E-state index in [0.717, 1.165) is 154 Å². The summed E-state index contributed by atoms with van der Waals surface area (Å²) in [6.07, 6.45) is 31.1. The summed E-state index contributed by atoms with van der Waals surface area (Å²) in [5.74, 6) is 4.44. The van der Waals surface area contributed by atoms with E-state index in [9.17, 15) is 4.79 Å². The molecule has 13 heterocycles. The summed E-state index contributed by atoms with van der Waals surface area (Å²) in [6, 6.07) is 15.9. The van der Waals surface area contributed by atoms with Crippen molar-refractivity contribution in [2.75, 3.05) is 85.2 Å². The zero-order chi connectivity index (χ0) is 66.8. The highest BCUT2D eigenvalue weighted by Gasteiger charge is 2.31. The molecule has 1 aromatic carbocycles. The van der Waals surface area contributed by atoms with Crippen LogP contribution in [0.1, 0.15) is 147 Å².